The van der Waals surface area contributed by atoms with Crippen LogP contribution in [0.15, 0.2) is 91.0 Å². The lowest BCUT2D eigenvalue weighted by atomic mass is 9.80. The van der Waals surface area contributed by atoms with Crippen molar-refractivity contribution < 1.29 is 19.1 Å². The van der Waals surface area contributed by atoms with Crippen LogP contribution in [0.2, 0.25) is 0 Å². The summed E-state index contributed by atoms with van der Waals surface area (Å²) in [6, 6.07) is 26.9. The van der Waals surface area contributed by atoms with E-state index in [0.717, 1.165) is 29.7 Å². The van der Waals surface area contributed by atoms with Gasteiger partial charge in [-0.1, -0.05) is 67.4 Å². The number of hydrogen-bond donors (Lipinski definition) is 3. The minimum absolute atomic E-state index is 0.00136. The second-order valence-corrected chi connectivity index (χ2v) is 11.6. The molecule has 1 fully saturated rings. The number of amides is 2. The lowest BCUT2D eigenvalue weighted by Gasteiger charge is -2.42. The fourth-order valence-corrected chi connectivity index (χ4v) is 6.54. The van der Waals surface area contributed by atoms with Gasteiger partial charge >= 0.3 is 0 Å². The molecule has 0 aromatic heterocycles. The third kappa shape index (κ3) is 5.90. The summed E-state index contributed by atoms with van der Waals surface area (Å²) in [5, 5.41) is 16.2. The topological polar surface area (TPSA) is 81.7 Å². The molecule has 0 unspecified atom stereocenters. The summed E-state index contributed by atoms with van der Waals surface area (Å²) in [5.41, 5.74) is 5.07. The SMILES string of the molecule is Cc1cccc(F)c1C(=O)N1c2ccccc2C[C@H](C(=O)Nc2cccc(CO)c2)[C@@H]1c1ccc(NC2CCCC2)cc1. The first kappa shape index (κ1) is 28.6. The highest BCUT2D eigenvalue weighted by atomic mass is 19.1. The average molecular weight is 578 g/mol. The van der Waals surface area contributed by atoms with Crippen LogP contribution in [0.25, 0.3) is 0 Å². The van der Waals surface area contributed by atoms with Crippen molar-refractivity contribution in [1.29, 1.82) is 0 Å². The van der Waals surface area contributed by atoms with E-state index in [1.807, 2.05) is 48.5 Å². The van der Waals surface area contributed by atoms with E-state index in [4.69, 9.17) is 0 Å². The summed E-state index contributed by atoms with van der Waals surface area (Å²) in [6.07, 6.45) is 5.13. The van der Waals surface area contributed by atoms with Gasteiger partial charge in [0.1, 0.15) is 5.82 Å². The van der Waals surface area contributed by atoms with Crippen LogP contribution >= 0.6 is 0 Å². The molecule has 1 aliphatic heterocycles. The predicted octanol–water partition coefficient (Wildman–Crippen LogP) is 7.18. The van der Waals surface area contributed by atoms with Crippen LogP contribution in [0.5, 0.6) is 0 Å². The van der Waals surface area contributed by atoms with Gasteiger partial charge in [-0.25, -0.2) is 4.39 Å². The highest BCUT2D eigenvalue weighted by Gasteiger charge is 2.43. The van der Waals surface area contributed by atoms with Crippen molar-refractivity contribution in [3.63, 3.8) is 0 Å². The van der Waals surface area contributed by atoms with Crippen molar-refractivity contribution in [3.05, 3.63) is 125 Å². The number of hydrogen-bond acceptors (Lipinski definition) is 4. The number of halogens is 1. The van der Waals surface area contributed by atoms with Gasteiger partial charge in [0.2, 0.25) is 5.91 Å². The van der Waals surface area contributed by atoms with Gasteiger partial charge in [0.15, 0.2) is 0 Å². The number of carbonyl (C=O) groups excluding carboxylic acids is 2. The van der Waals surface area contributed by atoms with Crippen molar-refractivity contribution in [2.45, 2.75) is 57.7 Å². The van der Waals surface area contributed by atoms with E-state index in [1.165, 1.54) is 18.9 Å². The quantitative estimate of drug-likeness (QED) is 0.217. The maximum Gasteiger partial charge on any atom is 0.262 e. The zero-order valence-electron chi connectivity index (χ0n) is 24.2. The molecule has 0 saturated heterocycles. The number of anilines is 3. The van der Waals surface area contributed by atoms with Crippen LogP contribution in [-0.4, -0.2) is 23.0 Å². The fraction of sp³-hybridized carbons (Fsp3) is 0.278. The summed E-state index contributed by atoms with van der Waals surface area (Å²) in [4.78, 5) is 30.1. The fourth-order valence-electron chi connectivity index (χ4n) is 6.54. The van der Waals surface area contributed by atoms with Gasteiger partial charge in [-0.2, -0.15) is 0 Å². The molecule has 0 radical (unpaired) electrons. The zero-order chi connectivity index (χ0) is 29.9. The van der Waals surface area contributed by atoms with E-state index in [2.05, 4.69) is 10.6 Å². The van der Waals surface area contributed by atoms with Gasteiger partial charge in [0, 0.05) is 23.1 Å². The molecule has 1 aliphatic carbocycles. The third-order valence-electron chi connectivity index (χ3n) is 8.70. The van der Waals surface area contributed by atoms with Crippen molar-refractivity contribution in [3.8, 4) is 0 Å². The predicted molar refractivity (Wildman–Crippen MR) is 168 cm³/mol. The second-order valence-electron chi connectivity index (χ2n) is 11.6. The molecule has 0 spiro atoms. The standard InChI is InChI=1S/C36H36FN3O3/c1-23-8-6-14-31(37)33(23)36(43)40-32-15-5-2-10-26(32)21-30(35(42)39-29-13-7-9-24(20-29)22-41)34(40)25-16-18-28(19-17-25)38-27-11-3-4-12-27/h2,5-10,13-20,27,30,34,38,41H,3-4,11-12,21-22H2,1H3,(H,39,42)/t30-,34-/m0/s1. The summed E-state index contributed by atoms with van der Waals surface area (Å²) < 4.78 is 15.3. The molecule has 3 N–H and O–H groups in total. The van der Waals surface area contributed by atoms with Gasteiger partial charge < -0.3 is 15.7 Å². The molecule has 220 valence electrons. The van der Waals surface area contributed by atoms with E-state index in [-0.39, 0.29) is 18.1 Å². The van der Waals surface area contributed by atoms with Crippen LogP contribution < -0.4 is 15.5 Å². The Morgan fingerprint density at radius 3 is 2.40 bits per heavy atom. The third-order valence-corrected chi connectivity index (χ3v) is 8.70. The molecule has 6 nitrogen and oxygen atoms in total. The molecule has 4 aromatic rings. The molecule has 6 rings (SSSR count). The van der Waals surface area contributed by atoms with E-state index in [9.17, 15) is 14.7 Å². The lowest BCUT2D eigenvalue weighted by molar-refractivity contribution is -0.120. The first-order valence-electron chi connectivity index (χ1n) is 15.0. The summed E-state index contributed by atoms with van der Waals surface area (Å²) >= 11 is 0. The molecule has 1 heterocycles. The van der Waals surface area contributed by atoms with Crippen molar-refractivity contribution >= 4 is 28.9 Å². The molecule has 0 bridgehead atoms. The number of para-hydroxylation sites is 1. The van der Waals surface area contributed by atoms with Crippen molar-refractivity contribution in [2.75, 3.05) is 15.5 Å². The van der Waals surface area contributed by atoms with Gasteiger partial charge in [-0.15, -0.1) is 0 Å². The van der Waals surface area contributed by atoms with Crippen LogP contribution in [-0.2, 0) is 17.8 Å². The molecule has 4 aromatic carbocycles. The number of rotatable bonds is 7. The Hall–Kier alpha value is -4.49. The van der Waals surface area contributed by atoms with Crippen LogP contribution in [0.3, 0.4) is 0 Å². The second kappa shape index (κ2) is 12.4. The van der Waals surface area contributed by atoms with Crippen LogP contribution in [0, 0.1) is 18.7 Å². The van der Waals surface area contributed by atoms with E-state index in [0.29, 0.717) is 35.0 Å². The number of benzene rings is 4. The maximum absolute atomic E-state index is 15.3. The zero-order valence-corrected chi connectivity index (χ0v) is 24.2. The monoisotopic (exact) mass is 577 g/mol. The van der Waals surface area contributed by atoms with E-state index >= 15 is 4.39 Å². The number of fused-ring (bicyclic) bond motifs is 1. The summed E-state index contributed by atoms with van der Waals surface area (Å²) in [5.74, 6) is -2.01. The van der Waals surface area contributed by atoms with Crippen molar-refractivity contribution in [1.82, 2.24) is 0 Å². The Labute approximate surface area is 251 Å². The first-order chi connectivity index (χ1) is 20.9. The Kier molecular flexibility index (Phi) is 8.25. The average Bonchev–Trinajstić information content (AvgIpc) is 3.53. The van der Waals surface area contributed by atoms with Gasteiger partial charge in [0.05, 0.1) is 24.1 Å². The van der Waals surface area contributed by atoms with Gasteiger partial charge in [-0.05, 0) is 84.8 Å². The van der Waals surface area contributed by atoms with Gasteiger partial charge in [0.25, 0.3) is 5.91 Å². The number of nitrogens with zero attached hydrogens (tertiary/aromatic N) is 1. The normalized spacial score (nSPS) is 18.3. The highest BCUT2D eigenvalue weighted by Crippen LogP contribution is 2.44. The summed E-state index contributed by atoms with van der Waals surface area (Å²) in [6.45, 7) is 1.58. The Morgan fingerprint density at radius 2 is 1.65 bits per heavy atom. The number of aliphatic hydroxyl groups excluding tert-OH is 1. The maximum atomic E-state index is 15.3. The molecule has 43 heavy (non-hydrogen) atoms. The molecular formula is C36H36FN3O3. The number of carbonyl (C=O) groups is 2. The largest absolute Gasteiger partial charge is 0.392 e. The van der Waals surface area contributed by atoms with Crippen LogP contribution in [0.1, 0.15) is 64.3 Å². The first-order valence-corrected chi connectivity index (χ1v) is 15.0. The molecule has 2 amide bonds. The minimum atomic E-state index is -0.692. The molecular weight excluding hydrogens is 541 g/mol. The Bertz CT molecular complexity index is 1610. The Morgan fingerprint density at radius 1 is 0.907 bits per heavy atom. The number of nitrogens with one attached hydrogen (secondary N) is 2. The van der Waals surface area contributed by atoms with Crippen LogP contribution in [0.4, 0.5) is 21.5 Å². The smallest absolute Gasteiger partial charge is 0.262 e. The molecule has 7 heteroatoms. The number of aryl methyl sites for hydroxylation is 1. The molecule has 2 aliphatic rings. The Balaban J connectivity index is 1.44. The molecule has 2 atom stereocenters. The number of aliphatic hydroxyl groups is 1. The minimum Gasteiger partial charge on any atom is -0.392 e. The van der Waals surface area contributed by atoms with E-state index in [1.54, 1.807) is 48.2 Å². The van der Waals surface area contributed by atoms with E-state index < -0.39 is 23.7 Å². The van der Waals surface area contributed by atoms with Gasteiger partial charge in [-0.3, -0.25) is 14.5 Å². The van der Waals surface area contributed by atoms with Crippen molar-refractivity contribution in [2.24, 2.45) is 5.92 Å². The molecule has 1 saturated carbocycles. The highest BCUT2D eigenvalue weighted by molar-refractivity contribution is 6.09. The summed E-state index contributed by atoms with van der Waals surface area (Å²) in [7, 11) is 0. The lowest BCUT2D eigenvalue weighted by Crippen LogP contribution is -2.47.